The fourth-order valence-corrected chi connectivity index (χ4v) is 2.76. The Balaban J connectivity index is 2.36. The Morgan fingerprint density at radius 3 is 2.76 bits per heavy atom. The Kier molecular flexibility index (Phi) is 8.04. The van der Waals surface area contributed by atoms with Crippen LogP contribution in [0.25, 0.3) is 0 Å². The molecule has 1 saturated heterocycles. The fraction of sp³-hybridized carbons (Fsp3) is 0.938. The summed E-state index contributed by atoms with van der Waals surface area (Å²) in [5.41, 5.74) is 0.145. The lowest BCUT2D eigenvalue weighted by atomic mass is 9.93. The first-order chi connectivity index (χ1) is 9.99. The summed E-state index contributed by atoms with van der Waals surface area (Å²) in [6.07, 6.45) is 2.67. The van der Waals surface area contributed by atoms with Crippen LogP contribution in [0.5, 0.6) is 0 Å². The molecule has 1 atom stereocenters. The zero-order valence-electron chi connectivity index (χ0n) is 14.5. The van der Waals surface area contributed by atoms with Gasteiger partial charge in [-0.15, -0.1) is 0 Å². The predicted molar refractivity (Wildman–Crippen MR) is 89.9 cm³/mol. The lowest BCUT2D eigenvalue weighted by Crippen LogP contribution is -2.56. The summed E-state index contributed by atoms with van der Waals surface area (Å²) < 4.78 is 5.33. The summed E-state index contributed by atoms with van der Waals surface area (Å²) in [6, 6.07) is 0. The van der Waals surface area contributed by atoms with Gasteiger partial charge in [-0.3, -0.25) is 9.89 Å². The molecule has 21 heavy (non-hydrogen) atoms. The van der Waals surface area contributed by atoms with Gasteiger partial charge >= 0.3 is 0 Å². The molecule has 1 unspecified atom stereocenters. The highest BCUT2D eigenvalue weighted by Crippen LogP contribution is 2.23. The quantitative estimate of drug-likeness (QED) is 0.427. The Hall–Kier alpha value is -0.810. The van der Waals surface area contributed by atoms with Crippen LogP contribution in [0.3, 0.4) is 0 Å². The van der Waals surface area contributed by atoms with Crippen LogP contribution in [-0.2, 0) is 4.74 Å². The molecule has 1 fully saturated rings. The van der Waals surface area contributed by atoms with E-state index in [1.807, 2.05) is 14.0 Å². The number of hydrogen-bond acceptors (Lipinski definition) is 3. The Bertz CT molecular complexity index is 317. The highest BCUT2D eigenvalue weighted by Gasteiger charge is 2.30. The van der Waals surface area contributed by atoms with Gasteiger partial charge in [0.25, 0.3) is 0 Å². The van der Waals surface area contributed by atoms with Gasteiger partial charge in [-0.25, -0.2) is 0 Å². The van der Waals surface area contributed by atoms with Crippen molar-refractivity contribution in [3.05, 3.63) is 0 Å². The monoisotopic (exact) mass is 298 g/mol. The van der Waals surface area contributed by atoms with E-state index in [2.05, 4.69) is 41.3 Å². The molecule has 2 N–H and O–H groups in total. The molecule has 0 bridgehead atoms. The van der Waals surface area contributed by atoms with Crippen LogP contribution in [0, 0.1) is 5.92 Å². The molecular weight excluding hydrogens is 264 g/mol. The van der Waals surface area contributed by atoms with E-state index in [9.17, 15) is 0 Å². The van der Waals surface area contributed by atoms with E-state index in [4.69, 9.17) is 4.74 Å². The van der Waals surface area contributed by atoms with Crippen LogP contribution in [-0.4, -0.2) is 62.8 Å². The summed E-state index contributed by atoms with van der Waals surface area (Å²) in [4.78, 5) is 6.87. The van der Waals surface area contributed by atoms with Gasteiger partial charge in [-0.05, 0) is 46.1 Å². The number of ether oxygens (including phenoxy) is 1. The van der Waals surface area contributed by atoms with E-state index < -0.39 is 0 Å². The largest absolute Gasteiger partial charge is 0.380 e. The van der Waals surface area contributed by atoms with Gasteiger partial charge in [0.1, 0.15) is 0 Å². The van der Waals surface area contributed by atoms with Gasteiger partial charge in [-0.2, -0.15) is 0 Å². The first-order valence-corrected chi connectivity index (χ1v) is 8.27. The number of hydrogen-bond donors (Lipinski definition) is 2. The Morgan fingerprint density at radius 2 is 2.14 bits per heavy atom. The molecule has 1 aliphatic heterocycles. The maximum Gasteiger partial charge on any atom is 0.191 e. The van der Waals surface area contributed by atoms with E-state index in [-0.39, 0.29) is 5.54 Å². The number of aliphatic imine (C=N–C) groups is 1. The van der Waals surface area contributed by atoms with Crippen molar-refractivity contribution in [1.29, 1.82) is 0 Å². The van der Waals surface area contributed by atoms with E-state index in [1.165, 1.54) is 25.9 Å². The maximum absolute atomic E-state index is 5.33. The third kappa shape index (κ3) is 6.66. The second-order valence-corrected chi connectivity index (χ2v) is 6.56. The van der Waals surface area contributed by atoms with Crippen LogP contribution < -0.4 is 10.6 Å². The normalized spacial score (nSPS) is 21.4. The van der Waals surface area contributed by atoms with Crippen molar-refractivity contribution >= 4 is 5.96 Å². The molecule has 0 aromatic rings. The summed E-state index contributed by atoms with van der Waals surface area (Å²) in [5, 5.41) is 6.72. The van der Waals surface area contributed by atoms with Crippen LogP contribution in [0.4, 0.5) is 0 Å². The van der Waals surface area contributed by atoms with Crippen molar-refractivity contribution in [3.63, 3.8) is 0 Å². The molecule has 5 nitrogen and oxygen atoms in total. The van der Waals surface area contributed by atoms with Crippen molar-refractivity contribution in [1.82, 2.24) is 15.5 Å². The number of nitrogens with one attached hydrogen (secondary N) is 2. The van der Waals surface area contributed by atoms with Crippen molar-refractivity contribution < 1.29 is 4.74 Å². The number of likely N-dealkylation sites (tertiary alicyclic amines) is 1. The second kappa shape index (κ2) is 9.26. The molecule has 124 valence electrons. The average Bonchev–Trinajstić information content (AvgIpc) is 2.46. The molecule has 0 saturated carbocycles. The van der Waals surface area contributed by atoms with Gasteiger partial charge in [0, 0.05) is 38.8 Å². The zero-order valence-corrected chi connectivity index (χ0v) is 14.5. The lowest BCUT2D eigenvalue weighted by molar-refractivity contribution is 0.0739. The van der Waals surface area contributed by atoms with Crippen molar-refractivity contribution in [2.75, 3.05) is 46.4 Å². The molecular formula is C16H34N4O. The van der Waals surface area contributed by atoms with Crippen molar-refractivity contribution in [3.8, 4) is 0 Å². The summed E-state index contributed by atoms with van der Waals surface area (Å²) in [6.45, 7) is 14.5. The van der Waals surface area contributed by atoms with Crippen LogP contribution >= 0.6 is 0 Å². The van der Waals surface area contributed by atoms with Crippen molar-refractivity contribution in [2.45, 2.75) is 46.1 Å². The van der Waals surface area contributed by atoms with Crippen LogP contribution in [0.1, 0.15) is 40.5 Å². The maximum atomic E-state index is 5.33. The number of nitrogens with zero attached hydrogens (tertiary/aromatic N) is 2. The number of guanidine groups is 1. The SMILES string of the molecule is CCOCCNC(=NC)NCC(C)(C)N1CCCC(C)C1. The first-order valence-electron chi connectivity index (χ1n) is 8.27. The minimum absolute atomic E-state index is 0.145. The molecule has 1 rings (SSSR count). The third-order valence-electron chi connectivity index (χ3n) is 4.17. The smallest absolute Gasteiger partial charge is 0.191 e. The molecule has 5 heteroatoms. The lowest BCUT2D eigenvalue weighted by Gasteiger charge is -2.43. The molecule has 0 amide bonds. The minimum Gasteiger partial charge on any atom is -0.380 e. The number of rotatable bonds is 7. The fourth-order valence-electron chi connectivity index (χ4n) is 2.76. The number of piperidine rings is 1. The first kappa shape index (κ1) is 18.2. The van der Waals surface area contributed by atoms with Gasteiger partial charge in [0.15, 0.2) is 5.96 Å². The summed E-state index contributed by atoms with van der Waals surface area (Å²) in [5.74, 6) is 1.66. The minimum atomic E-state index is 0.145. The van der Waals surface area contributed by atoms with Gasteiger partial charge in [0.05, 0.1) is 6.61 Å². The zero-order chi connectivity index (χ0) is 15.7. The molecule has 0 aromatic heterocycles. The molecule has 0 aliphatic carbocycles. The predicted octanol–water partition coefficient (Wildman–Crippen LogP) is 1.70. The standard InChI is InChI=1S/C16H34N4O/c1-6-21-11-9-18-15(17-5)19-13-16(3,4)20-10-7-8-14(2)12-20/h14H,6-13H2,1-5H3,(H2,17,18,19). The summed E-state index contributed by atoms with van der Waals surface area (Å²) in [7, 11) is 1.81. The van der Waals surface area contributed by atoms with E-state index in [1.54, 1.807) is 0 Å². The van der Waals surface area contributed by atoms with Gasteiger partial charge in [0.2, 0.25) is 0 Å². The topological polar surface area (TPSA) is 48.9 Å². The second-order valence-electron chi connectivity index (χ2n) is 6.56. The van der Waals surface area contributed by atoms with Crippen molar-refractivity contribution in [2.24, 2.45) is 10.9 Å². The van der Waals surface area contributed by atoms with E-state index in [0.29, 0.717) is 6.61 Å². The molecule has 0 spiro atoms. The van der Waals surface area contributed by atoms with E-state index >= 15 is 0 Å². The molecule has 0 radical (unpaired) electrons. The molecule has 1 heterocycles. The molecule has 0 aromatic carbocycles. The Labute approximate surface area is 130 Å². The third-order valence-corrected chi connectivity index (χ3v) is 4.17. The summed E-state index contributed by atoms with van der Waals surface area (Å²) >= 11 is 0. The van der Waals surface area contributed by atoms with Crippen LogP contribution in [0.15, 0.2) is 4.99 Å². The van der Waals surface area contributed by atoms with Crippen LogP contribution in [0.2, 0.25) is 0 Å². The highest BCUT2D eigenvalue weighted by molar-refractivity contribution is 5.79. The molecule has 1 aliphatic rings. The van der Waals surface area contributed by atoms with E-state index in [0.717, 1.165) is 31.6 Å². The van der Waals surface area contributed by atoms with Gasteiger partial charge < -0.3 is 15.4 Å². The Morgan fingerprint density at radius 1 is 1.38 bits per heavy atom. The average molecular weight is 298 g/mol. The highest BCUT2D eigenvalue weighted by atomic mass is 16.5. The van der Waals surface area contributed by atoms with Gasteiger partial charge in [-0.1, -0.05) is 6.92 Å².